The number of amides is 1. The SMILES string of the molecule is CN(C(=O)C1CC2CCCCC2N1)c1cccc(O)c1. The van der Waals surface area contributed by atoms with Gasteiger partial charge in [0, 0.05) is 24.8 Å². The summed E-state index contributed by atoms with van der Waals surface area (Å²) in [5.74, 6) is 0.954. The third-order valence-electron chi connectivity index (χ3n) is 4.71. The number of carbonyl (C=O) groups is 1. The molecule has 2 N–H and O–H groups in total. The zero-order chi connectivity index (χ0) is 14.1. The molecule has 3 unspecified atom stereocenters. The van der Waals surface area contributed by atoms with Gasteiger partial charge in [-0.3, -0.25) is 4.79 Å². The van der Waals surface area contributed by atoms with Gasteiger partial charge in [0.15, 0.2) is 0 Å². The zero-order valence-electron chi connectivity index (χ0n) is 11.9. The molecule has 2 fully saturated rings. The standard InChI is InChI=1S/C16H22N2O2/c1-18(12-6-4-7-13(19)10-12)16(20)15-9-11-5-2-3-8-14(11)17-15/h4,6-7,10-11,14-15,17,19H,2-3,5,8-9H2,1H3. The largest absolute Gasteiger partial charge is 0.508 e. The summed E-state index contributed by atoms with van der Waals surface area (Å²) in [4.78, 5) is 14.2. The fourth-order valence-corrected chi connectivity index (χ4v) is 3.57. The molecular weight excluding hydrogens is 252 g/mol. The maximum absolute atomic E-state index is 12.6. The van der Waals surface area contributed by atoms with Crippen LogP contribution in [0.25, 0.3) is 0 Å². The van der Waals surface area contributed by atoms with Crippen LogP contribution >= 0.6 is 0 Å². The van der Waals surface area contributed by atoms with E-state index >= 15 is 0 Å². The number of nitrogens with one attached hydrogen (secondary N) is 1. The molecule has 4 nitrogen and oxygen atoms in total. The van der Waals surface area contributed by atoms with Crippen molar-refractivity contribution < 1.29 is 9.90 Å². The van der Waals surface area contributed by atoms with E-state index < -0.39 is 0 Å². The predicted molar refractivity (Wildman–Crippen MR) is 78.8 cm³/mol. The van der Waals surface area contributed by atoms with Crippen molar-refractivity contribution in [1.29, 1.82) is 0 Å². The Balaban J connectivity index is 1.70. The van der Waals surface area contributed by atoms with Crippen molar-refractivity contribution in [2.75, 3.05) is 11.9 Å². The summed E-state index contributed by atoms with van der Waals surface area (Å²) in [6.45, 7) is 0. The highest BCUT2D eigenvalue weighted by atomic mass is 16.3. The molecule has 20 heavy (non-hydrogen) atoms. The van der Waals surface area contributed by atoms with Crippen LogP contribution in [0.3, 0.4) is 0 Å². The summed E-state index contributed by atoms with van der Waals surface area (Å²) in [7, 11) is 1.78. The average Bonchev–Trinajstić information content (AvgIpc) is 2.89. The average molecular weight is 274 g/mol. The molecule has 0 bridgehead atoms. The van der Waals surface area contributed by atoms with Crippen molar-refractivity contribution in [3.8, 4) is 5.75 Å². The number of benzene rings is 1. The molecule has 1 aromatic carbocycles. The number of fused-ring (bicyclic) bond motifs is 1. The minimum absolute atomic E-state index is 0.0737. The van der Waals surface area contributed by atoms with Crippen LogP contribution in [0.2, 0.25) is 0 Å². The lowest BCUT2D eigenvalue weighted by atomic mass is 9.85. The van der Waals surface area contributed by atoms with Crippen LogP contribution in [0.15, 0.2) is 24.3 Å². The molecule has 1 amide bonds. The normalized spacial score (nSPS) is 28.9. The fourth-order valence-electron chi connectivity index (χ4n) is 3.57. The number of carbonyl (C=O) groups excluding carboxylic acids is 1. The molecule has 1 saturated carbocycles. The van der Waals surface area contributed by atoms with Gasteiger partial charge in [-0.2, -0.15) is 0 Å². The number of likely N-dealkylation sites (N-methyl/N-ethyl adjacent to an activating group) is 1. The highest BCUT2D eigenvalue weighted by Crippen LogP contribution is 2.34. The number of nitrogens with zero attached hydrogens (tertiary/aromatic N) is 1. The second kappa shape index (κ2) is 5.44. The monoisotopic (exact) mass is 274 g/mol. The molecule has 0 aromatic heterocycles. The second-order valence-electron chi connectivity index (χ2n) is 6.02. The smallest absolute Gasteiger partial charge is 0.243 e. The lowest BCUT2D eigenvalue weighted by molar-refractivity contribution is -0.120. The van der Waals surface area contributed by atoms with Crippen LogP contribution in [-0.4, -0.2) is 30.1 Å². The minimum atomic E-state index is -0.0737. The van der Waals surface area contributed by atoms with Crippen LogP contribution in [-0.2, 0) is 4.79 Å². The lowest BCUT2D eigenvalue weighted by Crippen LogP contribution is -2.44. The first-order valence-electron chi connectivity index (χ1n) is 7.48. The molecule has 1 saturated heterocycles. The quantitative estimate of drug-likeness (QED) is 0.870. The first-order chi connectivity index (χ1) is 9.65. The number of anilines is 1. The van der Waals surface area contributed by atoms with Gasteiger partial charge in [0.25, 0.3) is 0 Å². The molecule has 2 aliphatic rings. The van der Waals surface area contributed by atoms with E-state index in [2.05, 4.69) is 5.32 Å². The van der Waals surface area contributed by atoms with Crippen LogP contribution in [0.1, 0.15) is 32.1 Å². The predicted octanol–water partition coefficient (Wildman–Crippen LogP) is 2.28. The Morgan fingerprint density at radius 1 is 1.35 bits per heavy atom. The van der Waals surface area contributed by atoms with Crippen molar-refractivity contribution >= 4 is 11.6 Å². The molecule has 0 spiro atoms. The van der Waals surface area contributed by atoms with Crippen molar-refractivity contribution in [1.82, 2.24) is 5.32 Å². The van der Waals surface area contributed by atoms with E-state index in [0.29, 0.717) is 12.0 Å². The molecule has 1 heterocycles. The molecule has 1 aliphatic carbocycles. The van der Waals surface area contributed by atoms with Crippen molar-refractivity contribution in [3.63, 3.8) is 0 Å². The van der Waals surface area contributed by atoms with Gasteiger partial charge in [0.2, 0.25) is 5.91 Å². The van der Waals surface area contributed by atoms with Crippen LogP contribution < -0.4 is 10.2 Å². The summed E-state index contributed by atoms with van der Waals surface area (Å²) in [6, 6.07) is 7.30. The molecule has 108 valence electrons. The molecule has 4 heteroatoms. The number of phenolic OH excluding ortho intramolecular Hbond substituents is 1. The molecular formula is C16H22N2O2. The molecule has 3 atom stereocenters. The number of hydrogen-bond donors (Lipinski definition) is 2. The third kappa shape index (κ3) is 2.52. The highest BCUT2D eigenvalue weighted by Gasteiger charge is 2.39. The summed E-state index contributed by atoms with van der Waals surface area (Å²) < 4.78 is 0. The maximum Gasteiger partial charge on any atom is 0.243 e. The molecule has 1 aromatic rings. The second-order valence-corrected chi connectivity index (χ2v) is 6.02. The van der Waals surface area contributed by atoms with Gasteiger partial charge in [-0.1, -0.05) is 18.9 Å². The van der Waals surface area contributed by atoms with Gasteiger partial charge in [0.1, 0.15) is 5.75 Å². The van der Waals surface area contributed by atoms with E-state index in [9.17, 15) is 9.90 Å². The van der Waals surface area contributed by atoms with Gasteiger partial charge in [-0.05, 0) is 37.3 Å². The number of aromatic hydroxyl groups is 1. The van der Waals surface area contributed by atoms with Gasteiger partial charge < -0.3 is 15.3 Å². The van der Waals surface area contributed by atoms with Crippen LogP contribution in [0.4, 0.5) is 5.69 Å². The molecule has 0 radical (unpaired) electrons. The Labute approximate surface area is 119 Å². The van der Waals surface area contributed by atoms with Crippen LogP contribution in [0.5, 0.6) is 5.75 Å². The number of phenols is 1. The van der Waals surface area contributed by atoms with Gasteiger partial charge >= 0.3 is 0 Å². The molecule has 3 rings (SSSR count). The lowest BCUT2D eigenvalue weighted by Gasteiger charge is -2.24. The van der Waals surface area contributed by atoms with Gasteiger partial charge in [0.05, 0.1) is 6.04 Å². The number of hydrogen-bond acceptors (Lipinski definition) is 3. The first kappa shape index (κ1) is 13.4. The molecule has 1 aliphatic heterocycles. The summed E-state index contributed by atoms with van der Waals surface area (Å²) in [5, 5.41) is 13.0. The van der Waals surface area contributed by atoms with Gasteiger partial charge in [-0.15, -0.1) is 0 Å². The van der Waals surface area contributed by atoms with Crippen molar-refractivity contribution in [2.24, 2.45) is 5.92 Å². The van der Waals surface area contributed by atoms with E-state index in [-0.39, 0.29) is 17.7 Å². The van der Waals surface area contributed by atoms with Gasteiger partial charge in [-0.25, -0.2) is 0 Å². The summed E-state index contributed by atoms with van der Waals surface area (Å²) in [5.41, 5.74) is 0.742. The van der Waals surface area contributed by atoms with Crippen LogP contribution in [0, 0.1) is 5.92 Å². The Kier molecular flexibility index (Phi) is 3.66. The van der Waals surface area contributed by atoms with E-state index in [1.54, 1.807) is 30.1 Å². The van der Waals surface area contributed by atoms with Crippen molar-refractivity contribution in [2.45, 2.75) is 44.2 Å². The highest BCUT2D eigenvalue weighted by molar-refractivity contribution is 5.97. The van der Waals surface area contributed by atoms with E-state index in [1.165, 1.54) is 25.7 Å². The summed E-state index contributed by atoms with van der Waals surface area (Å²) in [6.07, 6.45) is 5.97. The first-order valence-corrected chi connectivity index (χ1v) is 7.48. The minimum Gasteiger partial charge on any atom is -0.508 e. The maximum atomic E-state index is 12.6. The number of rotatable bonds is 2. The van der Waals surface area contributed by atoms with Crippen molar-refractivity contribution in [3.05, 3.63) is 24.3 Å². The Morgan fingerprint density at radius 3 is 2.90 bits per heavy atom. The van der Waals surface area contributed by atoms with E-state index in [0.717, 1.165) is 12.1 Å². The Bertz CT molecular complexity index is 489. The zero-order valence-corrected chi connectivity index (χ0v) is 11.9. The van der Waals surface area contributed by atoms with E-state index in [1.807, 2.05) is 6.07 Å². The Hall–Kier alpha value is -1.55. The Morgan fingerprint density at radius 2 is 2.15 bits per heavy atom. The van der Waals surface area contributed by atoms with E-state index in [4.69, 9.17) is 0 Å². The fraction of sp³-hybridized carbons (Fsp3) is 0.562. The summed E-state index contributed by atoms with van der Waals surface area (Å²) >= 11 is 0. The topological polar surface area (TPSA) is 52.6 Å². The third-order valence-corrected chi connectivity index (χ3v) is 4.71.